The van der Waals surface area contributed by atoms with Crippen LogP contribution in [-0.2, 0) is 65.4 Å². The highest BCUT2D eigenvalue weighted by Crippen LogP contribution is 2.45. The Balaban J connectivity index is 5.23. The van der Waals surface area contributed by atoms with E-state index >= 15 is 0 Å². The third-order valence-electron chi connectivity index (χ3n) is 17.0. The van der Waals surface area contributed by atoms with Crippen LogP contribution in [0, 0.1) is 11.8 Å². The molecule has 0 radical (unpaired) electrons. The zero-order valence-electron chi connectivity index (χ0n) is 59.9. The van der Waals surface area contributed by atoms with Gasteiger partial charge in [-0.2, -0.15) is 0 Å². The van der Waals surface area contributed by atoms with Gasteiger partial charge in [-0.3, -0.25) is 37.3 Å². The summed E-state index contributed by atoms with van der Waals surface area (Å²) >= 11 is 0. The summed E-state index contributed by atoms with van der Waals surface area (Å²) in [5.41, 5.74) is 0. The number of aliphatic hydroxyl groups excluding tert-OH is 1. The fraction of sp³-hybridized carbons (Fsp3) is 0.945. The third-order valence-corrected chi connectivity index (χ3v) is 18.9. The van der Waals surface area contributed by atoms with E-state index in [9.17, 15) is 43.2 Å². The molecule has 0 fully saturated rings. The average molecular weight is 1350 g/mol. The van der Waals surface area contributed by atoms with Gasteiger partial charge in [0.1, 0.15) is 19.3 Å². The highest BCUT2D eigenvalue weighted by molar-refractivity contribution is 7.47. The van der Waals surface area contributed by atoms with Crippen molar-refractivity contribution in [2.75, 3.05) is 39.6 Å². The Hall–Kier alpha value is -1.94. The summed E-state index contributed by atoms with van der Waals surface area (Å²) in [6, 6.07) is 0. The molecule has 0 spiro atoms. The first kappa shape index (κ1) is 90.1. The predicted octanol–water partition coefficient (Wildman–Crippen LogP) is 21.2. The minimum atomic E-state index is -4.95. The maximum absolute atomic E-state index is 13.1. The Bertz CT molecular complexity index is 1790. The number of esters is 4. The second kappa shape index (κ2) is 65.0. The molecular weight excluding hydrogens is 1210 g/mol. The molecule has 0 aliphatic rings. The lowest BCUT2D eigenvalue weighted by atomic mass is 10.0. The molecule has 0 aromatic rings. The third kappa shape index (κ3) is 66.7. The van der Waals surface area contributed by atoms with E-state index in [-0.39, 0.29) is 25.7 Å². The molecule has 0 aromatic heterocycles. The average Bonchev–Trinajstić information content (AvgIpc) is 1.69. The lowest BCUT2D eigenvalue weighted by Gasteiger charge is -2.21. The number of hydrogen-bond acceptors (Lipinski definition) is 15. The highest BCUT2D eigenvalue weighted by atomic mass is 31.2. The quantitative estimate of drug-likeness (QED) is 0.0222. The van der Waals surface area contributed by atoms with E-state index in [2.05, 4.69) is 41.5 Å². The molecule has 0 aliphatic heterocycles. The smallest absolute Gasteiger partial charge is 0.462 e. The normalized spacial score (nSPS) is 14.1. The summed E-state index contributed by atoms with van der Waals surface area (Å²) in [4.78, 5) is 72.6. The van der Waals surface area contributed by atoms with Crippen molar-refractivity contribution in [3.05, 3.63) is 0 Å². The number of hydrogen-bond donors (Lipinski definition) is 3. The van der Waals surface area contributed by atoms with Crippen molar-refractivity contribution in [3.8, 4) is 0 Å². The Kier molecular flexibility index (Phi) is 63.7. The zero-order chi connectivity index (χ0) is 67.9. The first-order chi connectivity index (χ1) is 44.4. The van der Waals surface area contributed by atoms with Crippen molar-refractivity contribution in [2.45, 2.75) is 394 Å². The van der Waals surface area contributed by atoms with Crippen LogP contribution in [-0.4, -0.2) is 96.7 Å². The minimum Gasteiger partial charge on any atom is -0.462 e. The number of unbranched alkanes of at least 4 members (excludes halogenated alkanes) is 42. The van der Waals surface area contributed by atoms with E-state index in [1.54, 1.807) is 0 Å². The summed E-state index contributed by atoms with van der Waals surface area (Å²) in [6.07, 6.45) is 51.4. The molecule has 3 N–H and O–H groups in total. The number of aliphatic hydroxyl groups is 1. The van der Waals surface area contributed by atoms with Gasteiger partial charge in [0.05, 0.1) is 26.4 Å². The number of rotatable bonds is 72. The fourth-order valence-corrected chi connectivity index (χ4v) is 12.7. The Labute approximate surface area is 562 Å². The summed E-state index contributed by atoms with van der Waals surface area (Å²) < 4.78 is 68.4. The van der Waals surface area contributed by atoms with Crippen molar-refractivity contribution in [2.24, 2.45) is 11.8 Å². The van der Waals surface area contributed by atoms with Crippen molar-refractivity contribution in [3.63, 3.8) is 0 Å². The number of phosphoric acid groups is 2. The van der Waals surface area contributed by atoms with Gasteiger partial charge >= 0.3 is 39.5 Å². The molecule has 0 amide bonds. The summed E-state index contributed by atoms with van der Waals surface area (Å²) in [5, 5.41) is 10.6. The first-order valence-corrected chi connectivity index (χ1v) is 41.0. The molecule has 92 heavy (non-hydrogen) atoms. The molecule has 0 aliphatic carbocycles. The summed E-state index contributed by atoms with van der Waals surface area (Å²) in [6.45, 7) is 9.54. The van der Waals surface area contributed by atoms with Crippen LogP contribution in [0.1, 0.15) is 375 Å². The second-order valence-electron chi connectivity index (χ2n) is 27.3. The molecule has 0 saturated carbocycles. The molecule has 0 saturated heterocycles. The van der Waals surface area contributed by atoms with E-state index in [0.717, 1.165) is 102 Å². The van der Waals surface area contributed by atoms with E-state index in [1.807, 2.05) is 0 Å². The highest BCUT2D eigenvalue weighted by Gasteiger charge is 2.30. The number of ether oxygens (including phenoxy) is 4. The van der Waals surface area contributed by atoms with Crippen molar-refractivity contribution < 1.29 is 80.2 Å². The van der Waals surface area contributed by atoms with Gasteiger partial charge in [0.2, 0.25) is 0 Å². The Morgan fingerprint density at radius 1 is 0.293 bits per heavy atom. The van der Waals surface area contributed by atoms with Crippen molar-refractivity contribution >= 4 is 39.5 Å². The standard InChI is InChI=1S/C73H142O17P2/c1-7-9-11-13-15-17-18-19-20-21-24-27-31-38-44-50-56-71(76)84-62-68(89-72(77)57-51-45-39-32-28-25-22-23-26-30-35-41-47-53-65(3)4)63-87-91(79,80)85-59-67(74)60-86-92(81,82)88-64-69(61-83-70(75)55-49-43-37-29-16-14-12-10-8-2)90-73(78)58-52-46-40-34-33-36-42-48-54-66(5)6/h65-69,74H,7-64H2,1-6H3,(H,79,80)(H,81,82)/t67-,68-,69-/m1/s1. The topological polar surface area (TPSA) is 237 Å². The zero-order valence-corrected chi connectivity index (χ0v) is 61.6. The lowest BCUT2D eigenvalue weighted by molar-refractivity contribution is -0.161. The van der Waals surface area contributed by atoms with Crippen LogP contribution in [0.4, 0.5) is 0 Å². The van der Waals surface area contributed by atoms with Crippen LogP contribution < -0.4 is 0 Å². The summed E-state index contributed by atoms with van der Waals surface area (Å²) in [7, 11) is -9.90. The molecule has 17 nitrogen and oxygen atoms in total. The monoisotopic (exact) mass is 1350 g/mol. The Morgan fingerprint density at radius 2 is 0.500 bits per heavy atom. The molecular formula is C73H142O17P2. The van der Waals surface area contributed by atoms with Crippen LogP contribution >= 0.6 is 15.6 Å². The van der Waals surface area contributed by atoms with Gasteiger partial charge in [0, 0.05) is 25.7 Å². The van der Waals surface area contributed by atoms with E-state index in [0.29, 0.717) is 25.7 Å². The predicted molar refractivity (Wildman–Crippen MR) is 372 cm³/mol. The van der Waals surface area contributed by atoms with E-state index in [4.69, 9.17) is 37.0 Å². The molecule has 546 valence electrons. The Morgan fingerprint density at radius 3 is 0.739 bits per heavy atom. The van der Waals surface area contributed by atoms with Gasteiger partial charge in [-0.15, -0.1) is 0 Å². The van der Waals surface area contributed by atoms with Gasteiger partial charge in [-0.25, -0.2) is 9.13 Å². The maximum Gasteiger partial charge on any atom is 0.472 e. The fourth-order valence-electron chi connectivity index (χ4n) is 11.1. The maximum atomic E-state index is 13.1. The molecule has 0 rings (SSSR count). The van der Waals surface area contributed by atoms with Crippen molar-refractivity contribution in [1.82, 2.24) is 0 Å². The molecule has 0 aromatic carbocycles. The number of phosphoric ester groups is 2. The van der Waals surface area contributed by atoms with Crippen LogP contribution in [0.5, 0.6) is 0 Å². The first-order valence-electron chi connectivity index (χ1n) is 38.0. The van der Waals surface area contributed by atoms with Gasteiger partial charge in [-0.05, 0) is 37.5 Å². The number of carbonyl (C=O) groups is 4. The van der Waals surface area contributed by atoms with Crippen LogP contribution in [0.15, 0.2) is 0 Å². The minimum absolute atomic E-state index is 0.105. The van der Waals surface area contributed by atoms with Crippen LogP contribution in [0.25, 0.3) is 0 Å². The van der Waals surface area contributed by atoms with Gasteiger partial charge in [0.25, 0.3) is 0 Å². The van der Waals surface area contributed by atoms with E-state index in [1.165, 1.54) is 193 Å². The molecule has 0 bridgehead atoms. The van der Waals surface area contributed by atoms with Crippen LogP contribution in [0.2, 0.25) is 0 Å². The lowest BCUT2D eigenvalue weighted by Crippen LogP contribution is -2.30. The summed E-state index contributed by atoms with van der Waals surface area (Å²) in [5.74, 6) is -0.616. The van der Waals surface area contributed by atoms with Gasteiger partial charge in [-0.1, -0.05) is 324 Å². The van der Waals surface area contributed by atoms with E-state index < -0.39 is 97.5 Å². The molecule has 0 heterocycles. The molecule has 2 unspecified atom stereocenters. The van der Waals surface area contributed by atoms with Gasteiger partial charge in [0.15, 0.2) is 12.2 Å². The number of carbonyl (C=O) groups excluding carboxylic acids is 4. The second-order valence-corrected chi connectivity index (χ2v) is 30.2. The van der Waals surface area contributed by atoms with Crippen molar-refractivity contribution in [1.29, 1.82) is 0 Å². The van der Waals surface area contributed by atoms with Gasteiger partial charge < -0.3 is 33.8 Å². The van der Waals surface area contributed by atoms with Crippen LogP contribution in [0.3, 0.4) is 0 Å². The SMILES string of the molecule is CCCCCCCCCCCCCCCCCCC(=O)OC[C@H](COP(=O)(O)OC[C@@H](O)COP(=O)(O)OC[C@@H](COC(=O)CCCCCCCCCCC)OC(=O)CCCCCCCCCCC(C)C)OC(=O)CCCCCCCCCCCCCCCC(C)C. The molecule has 19 heteroatoms. The largest absolute Gasteiger partial charge is 0.472 e. The molecule has 5 atom stereocenters.